The number of thioether (sulfide) groups is 1. The molecule has 1 aromatic carbocycles. The van der Waals surface area contributed by atoms with Crippen LogP contribution in [0.4, 0.5) is 5.69 Å². The van der Waals surface area contributed by atoms with Crippen LogP contribution in [0, 0.1) is 0 Å². The Balaban J connectivity index is 2.24. The summed E-state index contributed by atoms with van der Waals surface area (Å²) in [6.07, 6.45) is 1.04. The summed E-state index contributed by atoms with van der Waals surface area (Å²) in [7, 11) is 1.71. The third kappa shape index (κ3) is 2.69. The number of rotatable bonds is 4. The van der Waals surface area contributed by atoms with E-state index < -0.39 is 0 Å². The maximum Gasteiger partial charge on any atom is 0.120 e. The molecule has 1 aromatic rings. The van der Waals surface area contributed by atoms with Crippen molar-refractivity contribution in [2.75, 3.05) is 30.9 Å². The van der Waals surface area contributed by atoms with Crippen LogP contribution in [0.15, 0.2) is 23.1 Å². The molecule has 2 rings (SSSR count). The van der Waals surface area contributed by atoms with E-state index in [1.54, 1.807) is 7.11 Å². The second-order valence-corrected chi connectivity index (χ2v) is 5.39. The van der Waals surface area contributed by atoms with Crippen LogP contribution >= 0.6 is 11.8 Å². The molecule has 1 heterocycles. The van der Waals surface area contributed by atoms with E-state index in [0.717, 1.165) is 31.0 Å². The van der Waals surface area contributed by atoms with Crippen molar-refractivity contribution in [3.63, 3.8) is 0 Å². The van der Waals surface area contributed by atoms with E-state index in [-0.39, 0.29) is 0 Å². The quantitative estimate of drug-likeness (QED) is 0.892. The van der Waals surface area contributed by atoms with Crippen LogP contribution in [0.3, 0.4) is 0 Å². The smallest absolute Gasteiger partial charge is 0.120 e. The topological polar surface area (TPSA) is 38.5 Å². The summed E-state index contributed by atoms with van der Waals surface area (Å²) in [6, 6.07) is 6.90. The molecule has 4 heteroatoms. The van der Waals surface area contributed by atoms with Crippen molar-refractivity contribution in [3.8, 4) is 5.75 Å². The summed E-state index contributed by atoms with van der Waals surface area (Å²) < 4.78 is 5.27. The normalized spacial score (nSPS) is 19.0. The predicted octanol–water partition coefficient (Wildman–Crippen LogP) is 2.34. The Morgan fingerprint density at radius 2 is 2.35 bits per heavy atom. The zero-order valence-corrected chi connectivity index (χ0v) is 11.3. The van der Waals surface area contributed by atoms with Crippen molar-refractivity contribution in [2.24, 2.45) is 5.73 Å². The third-order valence-electron chi connectivity index (χ3n) is 3.09. The largest absolute Gasteiger partial charge is 0.497 e. The van der Waals surface area contributed by atoms with Crippen molar-refractivity contribution in [1.82, 2.24) is 0 Å². The van der Waals surface area contributed by atoms with E-state index >= 15 is 0 Å². The second-order valence-electron chi connectivity index (χ2n) is 4.33. The number of hydrogen-bond donors (Lipinski definition) is 1. The van der Waals surface area contributed by atoms with Crippen LogP contribution in [0.25, 0.3) is 0 Å². The average molecular weight is 252 g/mol. The zero-order chi connectivity index (χ0) is 12.3. The maximum absolute atomic E-state index is 5.60. The number of anilines is 1. The molecule has 1 atom stereocenters. The lowest BCUT2D eigenvalue weighted by Gasteiger charge is -2.36. The number of nitrogens with two attached hydrogens (primary N) is 1. The highest BCUT2D eigenvalue weighted by atomic mass is 32.2. The van der Waals surface area contributed by atoms with Gasteiger partial charge in [-0.05, 0) is 38.1 Å². The molecule has 0 spiro atoms. The number of methoxy groups -OCH3 is 1. The first-order valence-electron chi connectivity index (χ1n) is 6.04. The molecule has 1 aliphatic rings. The molecule has 0 aromatic heterocycles. The van der Waals surface area contributed by atoms with Crippen molar-refractivity contribution >= 4 is 17.4 Å². The summed E-state index contributed by atoms with van der Waals surface area (Å²) >= 11 is 1.91. The molecule has 0 amide bonds. The summed E-state index contributed by atoms with van der Waals surface area (Å²) in [5.41, 5.74) is 6.93. The number of benzene rings is 1. The summed E-state index contributed by atoms with van der Waals surface area (Å²) in [6.45, 7) is 4.07. The van der Waals surface area contributed by atoms with Crippen LogP contribution in [0.1, 0.15) is 13.3 Å². The van der Waals surface area contributed by atoms with Crippen molar-refractivity contribution in [1.29, 1.82) is 0 Å². The van der Waals surface area contributed by atoms with Crippen molar-refractivity contribution in [2.45, 2.75) is 24.3 Å². The van der Waals surface area contributed by atoms with Crippen molar-refractivity contribution in [3.05, 3.63) is 18.2 Å². The lowest BCUT2D eigenvalue weighted by molar-refractivity contribution is 0.413. The van der Waals surface area contributed by atoms with Crippen LogP contribution < -0.4 is 15.4 Å². The summed E-state index contributed by atoms with van der Waals surface area (Å²) in [5.74, 6) is 2.06. The number of nitrogens with zero attached hydrogens (tertiary/aromatic N) is 1. The highest BCUT2D eigenvalue weighted by Crippen LogP contribution is 2.39. The highest BCUT2D eigenvalue weighted by molar-refractivity contribution is 7.99. The molecule has 1 aliphatic heterocycles. The molecule has 0 fully saturated rings. The Bertz CT molecular complexity index is 384. The van der Waals surface area contributed by atoms with E-state index in [1.807, 2.05) is 17.8 Å². The van der Waals surface area contributed by atoms with Crippen LogP contribution in [0.5, 0.6) is 5.75 Å². The Morgan fingerprint density at radius 1 is 1.53 bits per heavy atom. The average Bonchev–Trinajstić information content (AvgIpc) is 2.37. The molecule has 0 saturated carbocycles. The molecule has 0 radical (unpaired) electrons. The van der Waals surface area contributed by atoms with E-state index in [9.17, 15) is 0 Å². The molecule has 0 saturated heterocycles. The van der Waals surface area contributed by atoms with Gasteiger partial charge in [-0.1, -0.05) is 0 Å². The van der Waals surface area contributed by atoms with Gasteiger partial charge >= 0.3 is 0 Å². The van der Waals surface area contributed by atoms with Gasteiger partial charge in [0.05, 0.1) is 12.8 Å². The summed E-state index contributed by atoms with van der Waals surface area (Å²) in [5, 5.41) is 0. The monoisotopic (exact) mass is 252 g/mol. The fourth-order valence-corrected chi connectivity index (χ4v) is 3.25. The van der Waals surface area contributed by atoms with Crippen LogP contribution in [-0.4, -0.2) is 32.0 Å². The molecule has 17 heavy (non-hydrogen) atoms. The maximum atomic E-state index is 5.60. The predicted molar refractivity (Wildman–Crippen MR) is 74.2 cm³/mol. The highest BCUT2D eigenvalue weighted by Gasteiger charge is 2.23. The Labute approximate surface area is 107 Å². The van der Waals surface area contributed by atoms with E-state index in [1.165, 1.54) is 10.6 Å². The van der Waals surface area contributed by atoms with Gasteiger partial charge in [0.15, 0.2) is 0 Å². The molecular formula is C13H20N2OS. The number of fused-ring (bicyclic) bond motifs is 1. The molecule has 0 bridgehead atoms. The lowest BCUT2D eigenvalue weighted by atomic mass is 10.2. The first kappa shape index (κ1) is 12.6. The lowest BCUT2D eigenvalue weighted by Crippen LogP contribution is -2.39. The Morgan fingerprint density at radius 3 is 3.06 bits per heavy atom. The van der Waals surface area contributed by atoms with Gasteiger partial charge in [-0.2, -0.15) is 0 Å². The standard InChI is InChI=1S/C13H20N2OS/c1-10-9-17-13-8-11(16-2)4-5-12(13)15(10)7-3-6-14/h4-5,8,10H,3,6-7,9,14H2,1-2H3. The van der Waals surface area contributed by atoms with Gasteiger partial charge in [0.2, 0.25) is 0 Å². The minimum absolute atomic E-state index is 0.576. The molecule has 94 valence electrons. The summed E-state index contributed by atoms with van der Waals surface area (Å²) in [4.78, 5) is 3.78. The van der Waals surface area contributed by atoms with Gasteiger partial charge in [-0.15, -0.1) is 11.8 Å². The second kappa shape index (κ2) is 5.65. The molecule has 1 unspecified atom stereocenters. The van der Waals surface area contributed by atoms with Gasteiger partial charge < -0.3 is 15.4 Å². The van der Waals surface area contributed by atoms with Crippen LogP contribution in [-0.2, 0) is 0 Å². The SMILES string of the molecule is COc1ccc2c(c1)SCC(C)N2CCCN. The minimum Gasteiger partial charge on any atom is -0.497 e. The van der Waals surface area contributed by atoms with Crippen LogP contribution in [0.2, 0.25) is 0 Å². The molecule has 3 nitrogen and oxygen atoms in total. The van der Waals surface area contributed by atoms with Gasteiger partial charge in [0.1, 0.15) is 5.75 Å². The van der Waals surface area contributed by atoms with E-state index in [0.29, 0.717) is 6.04 Å². The molecular weight excluding hydrogens is 232 g/mol. The first-order chi connectivity index (χ1) is 8.26. The molecule has 0 aliphatic carbocycles. The Kier molecular flexibility index (Phi) is 4.18. The third-order valence-corrected chi connectivity index (χ3v) is 4.38. The molecule has 2 N–H and O–H groups in total. The van der Waals surface area contributed by atoms with E-state index in [4.69, 9.17) is 10.5 Å². The fourth-order valence-electron chi connectivity index (χ4n) is 2.11. The minimum atomic E-state index is 0.576. The van der Waals surface area contributed by atoms with Gasteiger partial charge in [-0.3, -0.25) is 0 Å². The van der Waals surface area contributed by atoms with Gasteiger partial charge in [0.25, 0.3) is 0 Å². The fraction of sp³-hybridized carbons (Fsp3) is 0.538. The first-order valence-corrected chi connectivity index (χ1v) is 7.02. The van der Waals surface area contributed by atoms with Crippen molar-refractivity contribution < 1.29 is 4.74 Å². The van der Waals surface area contributed by atoms with Gasteiger partial charge in [0, 0.05) is 23.2 Å². The van der Waals surface area contributed by atoms with E-state index in [2.05, 4.69) is 24.0 Å². The number of ether oxygens (including phenoxy) is 1. The number of hydrogen-bond acceptors (Lipinski definition) is 4. The Hall–Kier alpha value is -0.870. The zero-order valence-electron chi connectivity index (χ0n) is 10.5. The van der Waals surface area contributed by atoms with Gasteiger partial charge in [-0.25, -0.2) is 0 Å².